The van der Waals surface area contributed by atoms with Crippen LogP contribution in [0.4, 0.5) is 4.39 Å². The zero-order chi connectivity index (χ0) is 10.8. The molecule has 84 valence electrons. The molecule has 3 heteroatoms. The number of rotatable bonds is 2. The quantitative estimate of drug-likeness (QED) is 0.732. The zero-order valence-electron chi connectivity index (χ0n) is 9.81. The summed E-state index contributed by atoms with van der Waals surface area (Å²) in [6.45, 7) is 11.1. The molecule has 0 aromatic rings. The Balaban J connectivity index is 2.62. The average Bonchev–Trinajstić information content (AvgIpc) is 2.02. The smallest absolute Gasteiger partial charge is 0.102 e. The molecule has 0 saturated carbocycles. The van der Waals surface area contributed by atoms with Gasteiger partial charge in [0.1, 0.15) is 6.67 Å². The Morgan fingerprint density at radius 3 is 2.57 bits per heavy atom. The Hall–Kier alpha value is -0.150. The van der Waals surface area contributed by atoms with E-state index in [1.165, 1.54) is 0 Å². The predicted molar refractivity (Wildman–Crippen MR) is 58.3 cm³/mol. The van der Waals surface area contributed by atoms with E-state index in [-0.39, 0.29) is 12.1 Å². The van der Waals surface area contributed by atoms with Gasteiger partial charge in [-0.2, -0.15) is 0 Å². The zero-order valence-corrected chi connectivity index (χ0v) is 9.81. The van der Waals surface area contributed by atoms with Crippen molar-refractivity contribution in [3.05, 3.63) is 0 Å². The van der Waals surface area contributed by atoms with Crippen LogP contribution < -0.4 is 5.32 Å². The number of hydrogen-bond donors (Lipinski definition) is 1. The highest BCUT2D eigenvalue weighted by atomic mass is 19.1. The predicted octanol–water partition coefficient (Wildman–Crippen LogP) is 1.66. The number of nitrogens with zero attached hydrogens (tertiary/aromatic N) is 1. The Bertz CT molecular complexity index is 177. The number of nitrogens with one attached hydrogen (secondary N) is 1. The van der Waals surface area contributed by atoms with E-state index in [1.807, 2.05) is 0 Å². The highest BCUT2D eigenvalue weighted by Gasteiger charge is 2.33. The van der Waals surface area contributed by atoms with Gasteiger partial charge in [-0.3, -0.25) is 4.90 Å². The molecule has 0 radical (unpaired) electrons. The molecule has 1 N–H and O–H groups in total. The molecular weight excluding hydrogens is 179 g/mol. The van der Waals surface area contributed by atoms with Crippen LogP contribution >= 0.6 is 0 Å². The first-order chi connectivity index (χ1) is 6.45. The van der Waals surface area contributed by atoms with E-state index in [2.05, 4.69) is 37.9 Å². The SMILES string of the molecule is CC1CN(CCF)C(C(C)(C)C)CN1. The van der Waals surface area contributed by atoms with Crippen LogP contribution in [0.3, 0.4) is 0 Å². The minimum absolute atomic E-state index is 0.225. The van der Waals surface area contributed by atoms with Gasteiger partial charge < -0.3 is 5.32 Å². The van der Waals surface area contributed by atoms with E-state index >= 15 is 0 Å². The van der Waals surface area contributed by atoms with Crippen molar-refractivity contribution in [2.24, 2.45) is 5.41 Å². The van der Waals surface area contributed by atoms with Crippen molar-refractivity contribution in [2.45, 2.75) is 39.8 Å². The summed E-state index contributed by atoms with van der Waals surface area (Å²) in [7, 11) is 0. The van der Waals surface area contributed by atoms with Gasteiger partial charge in [0, 0.05) is 31.7 Å². The highest BCUT2D eigenvalue weighted by molar-refractivity contribution is 4.90. The Morgan fingerprint density at radius 1 is 1.43 bits per heavy atom. The van der Waals surface area contributed by atoms with Crippen LogP contribution in [0.25, 0.3) is 0 Å². The first kappa shape index (κ1) is 11.9. The molecule has 0 spiro atoms. The largest absolute Gasteiger partial charge is 0.311 e. The molecular formula is C11H23FN2. The standard InChI is InChI=1S/C11H23FN2/c1-9-8-14(6-5-12)10(7-13-9)11(2,3)4/h9-10,13H,5-8H2,1-4H3. The number of hydrogen-bond acceptors (Lipinski definition) is 2. The minimum Gasteiger partial charge on any atom is -0.311 e. The fraction of sp³-hybridized carbons (Fsp3) is 1.00. The van der Waals surface area contributed by atoms with Crippen molar-refractivity contribution in [3.8, 4) is 0 Å². The van der Waals surface area contributed by atoms with Crippen molar-refractivity contribution in [1.82, 2.24) is 10.2 Å². The molecule has 0 bridgehead atoms. The van der Waals surface area contributed by atoms with Crippen molar-refractivity contribution in [3.63, 3.8) is 0 Å². The van der Waals surface area contributed by atoms with E-state index in [0.29, 0.717) is 18.6 Å². The van der Waals surface area contributed by atoms with Crippen molar-refractivity contribution in [1.29, 1.82) is 0 Å². The number of halogens is 1. The van der Waals surface area contributed by atoms with Crippen LogP contribution in [0.5, 0.6) is 0 Å². The summed E-state index contributed by atoms with van der Waals surface area (Å²) in [6.07, 6.45) is 0. The summed E-state index contributed by atoms with van der Waals surface area (Å²) in [4.78, 5) is 2.28. The minimum atomic E-state index is -0.237. The molecule has 2 nitrogen and oxygen atoms in total. The van der Waals surface area contributed by atoms with Crippen LogP contribution in [0.1, 0.15) is 27.7 Å². The lowest BCUT2D eigenvalue weighted by Gasteiger charge is -2.45. The Kier molecular flexibility index (Phi) is 3.90. The van der Waals surface area contributed by atoms with E-state index in [4.69, 9.17) is 0 Å². The van der Waals surface area contributed by atoms with Gasteiger partial charge in [-0.15, -0.1) is 0 Å². The lowest BCUT2D eigenvalue weighted by atomic mass is 9.84. The molecule has 1 saturated heterocycles. The maximum Gasteiger partial charge on any atom is 0.102 e. The first-order valence-corrected chi connectivity index (χ1v) is 5.48. The fourth-order valence-electron chi connectivity index (χ4n) is 2.20. The van der Waals surface area contributed by atoms with Crippen LogP contribution in [0.2, 0.25) is 0 Å². The molecule has 14 heavy (non-hydrogen) atoms. The lowest BCUT2D eigenvalue weighted by Crippen LogP contribution is -2.60. The van der Waals surface area contributed by atoms with E-state index < -0.39 is 0 Å². The van der Waals surface area contributed by atoms with Crippen LogP contribution in [0.15, 0.2) is 0 Å². The molecule has 2 atom stereocenters. The first-order valence-electron chi connectivity index (χ1n) is 5.48. The molecule has 1 aliphatic heterocycles. The molecule has 0 aromatic heterocycles. The van der Waals surface area contributed by atoms with Gasteiger partial charge in [0.25, 0.3) is 0 Å². The van der Waals surface area contributed by atoms with Gasteiger partial charge in [0.2, 0.25) is 0 Å². The average molecular weight is 202 g/mol. The molecule has 0 aromatic carbocycles. The summed E-state index contributed by atoms with van der Waals surface area (Å²) in [6, 6.07) is 0.939. The molecule has 0 aliphatic carbocycles. The summed E-state index contributed by atoms with van der Waals surface area (Å²) >= 11 is 0. The summed E-state index contributed by atoms with van der Waals surface area (Å²) in [5.41, 5.74) is 0.225. The maximum absolute atomic E-state index is 12.4. The van der Waals surface area contributed by atoms with Crippen molar-refractivity contribution < 1.29 is 4.39 Å². The lowest BCUT2D eigenvalue weighted by molar-refractivity contribution is 0.0543. The van der Waals surface area contributed by atoms with Gasteiger partial charge in [0.15, 0.2) is 0 Å². The van der Waals surface area contributed by atoms with Crippen LogP contribution in [-0.2, 0) is 0 Å². The van der Waals surface area contributed by atoms with E-state index in [1.54, 1.807) is 0 Å². The molecule has 1 heterocycles. The fourth-order valence-corrected chi connectivity index (χ4v) is 2.20. The number of piperazine rings is 1. The van der Waals surface area contributed by atoms with Crippen LogP contribution in [0, 0.1) is 5.41 Å². The third-order valence-electron chi connectivity index (χ3n) is 2.98. The second-order valence-electron chi connectivity index (χ2n) is 5.38. The van der Waals surface area contributed by atoms with E-state index in [0.717, 1.165) is 13.1 Å². The monoisotopic (exact) mass is 202 g/mol. The van der Waals surface area contributed by atoms with Crippen LogP contribution in [-0.4, -0.2) is 43.3 Å². The maximum atomic E-state index is 12.4. The summed E-state index contributed by atoms with van der Waals surface area (Å²) < 4.78 is 12.4. The number of alkyl halides is 1. The van der Waals surface area contributed by atoms with Crippen molar-refractivity contribution >= 4 is 0 Å². The van der Waals surface area contributed by atoms with E-state index in [9.17, 15) is 4.39 Å². The van der Waals surface area contributed by atoms with Gasteiger partial charge in [-0.25, -0.2) is 4.39 Å². The van der Waals surface area contributed by atoms with Gasteiger partial charge in [-0.05, 0) is 12.3 Å². The van der Waals surface area contributed by atoms with Gasteiger partial charge in [-0.1, -0.05) is 20.8 Å². The molecule has 2 unspecified atom stereocenters. The van der Waals surface area contributed by atoms with Gasteiger partial charge >= 0.3 is 0 Å². The second kappa shape index (κ2) is 4.58. The highest BCUT2D eigenvalue weighted by Crippen LogP contribution is 2.26. The molecule has 0 amide bonds. The van der Waals surface area contributed by atoms with Gasteiger partial charge in [0.05, 0.1) is 0 Å². The second-order valence-corrected chi connectivity index (χ2v) is 5.38. The normalized spacial score (nSPS) is 30.6. The third kappa shape index (κ3) is 2.92. The summed E-state index contributed by atoms with van der Waals surface area (Å²) in [5, 5.41) is 3.46. The third-order valence-corrected chi connectivity index (χ3v) is 2.98. The molecule has 1 aliphatic rings. The Morgan fingerprint density at radius 2 is 2.07 bits per heavy atom. The molecule has 1 fully saturated rings. The summed E-state index contributed by atoms with van der Waals surface area (Å²) in [5.74, 6) is 0. The molecule has 1 rings (SSSR count). The Labute approximate surface area is 86.9 Å². The van der Waals surface area contributed by atoms with Crippen molar-refractivity contribution in [2.75, 3.05) is 26.3 Å². The topological polar surface area (TPSA) is 15.3 Å².